The van der Waals surface area contributed by atoms with Gasteiger partial charge in [-0.2, -0.15) is 21.6 Å². The van der Waals surface area contributed by atoms with Gasteiger partial charge in [0.25, 0.3) is 11.1 Å². The number of imide groups is 1. The molecule has 11 N–H and O–H groups in total. The number of thioether (sulfide) groups is 1. The minimum Gasteiger partial charge on any atom is -0.496 e. The van der Waals surface area contributed by atoms with Gasteiger partial charge in [-0.3, -0.25) is 34.1 Å². The van der Waals surface area contributed by atoms with Crippen LogP contribution in [0.15, 0.2) is 230 Å². The Balaban J connectivity index is 0.000000224. The highest BCUT2D eigenvalue weighted by Crippen LogP contribution is 2.45. The van der Waals surface area contributed by atoms with Crippen LogP contribution < -0.4 is 28.6 Å². The predicted molar refractivity (Wildman–Crippen MR) is 554 cm³/mol. The number of sulfonamides is 1. The maximum Gasteiger partial charge on any atom is 0.416 e. The van der Waals surface area contributed by atoms with Gasteiger partial charge in [-0.05, 0) is 204 Å². The first-order valence-corrected chi connectivity index (χ1v) is 52.8. The van der Waals surface area contributed by atoms with Crippen LogP contribution in [0.4, 0.5) is 28.3 Å². The van der Waals surface area contributed by atoms with Crippen molar-refractivity contribution in [2.75, 3.05) is 56.7 Å². The second-order valence-electron chi connectivity index (χ2n) is 35.7. The average Bonchev–Trinajstić information content (AvgIpc) is 1.28. The summed E-state index contributed by atoms with van der Waals surface area (Å²) in [4.78, 5) is 89.5. The minimum absolute atomic E-state index is 0.0156. The number of fused-ring (bicyclic) bond motifs is 1. The normalized spacial score (nSPS) is 17.3. The highest BCUT2D eigenvalue weighted by Gasteiger charge is 2.43. The topological polar surface area (TPSA) is 469 Å². The van der Waals surface area contributed by atoms with Gasteiger partial charge >= 0.3 is 40.2 Å². The summed E-state index contributed by atoms with van der Waals surface area (Å²) >= 11 is 7.06. The number of nitrogens with one attached hydrogen (secondary N) is 2. The highest BCUT2D eigenvalue weighted by molar-refractivity contribution is 8.15. The molecule has 3 amide bonds. The summed E-state index contributed by atoms with van der Waals surface area (Å²) in [5.41, 5.74) is 12.4. The Morgan fingerprint density at radius 1 is 0.714 bits per heavy atom. The molecule has 792 valence electrons. The van der Waals surface area contributed by atoms with Gasteiger partial charge < -0.3 is 74.4 Å². The van der Waals surface area contributed by atoms with E-state index in [0.29, 0.717) is 109 Å². The van der Waals surface area contributed by atoms with Crippen LogP contribution in [0, 0.1) is 29.5 Å². The molecule has 1 aliphatic heterocycles. The van der Waals surface area contributed by atoms with Crippen molar-refractivity contribution < 1.29 is 137 Å². The number of halogens is 5. The van der Waals surface area contributed by atoms with E-state index in [4.69, 9.17) is 55.2 Å². The summed E-state index contributed by atoms with van der Waals surface area (Å²) in [5.74, 6) is -3.18. The third kappa shape index (κ3) is 39.2. The van der Waals surface area contributed by atoms with Crippen molar-refractivity contribution in [3.05, 3.63) is 303 Å². The fourth-order valence-corrected chi connectivity index (χ4v) is 18.1. The predicted octanol–water partition coefficient (Wildman–Crippen LogP) is 16.9. The first-order chi connectivity index (χ1) is 69.7. The van der Waals surface area contributed by atoms with E-state index in [1.165, 1.54) is 90.5 Å². The van der Waals surface area contributed by atoms with Gasteiger partial charge in [0.15, 0.2) is 6.10 Å². The molecule has 8 aromatic carbocycles. The summed E-state index contributed by atoms with van der Waals surface area (Å²) in [6.45, 7) is 12.3. The molecule has 1 fully saturated rings. The zero-order valence-corrected chi connectivity index (χ0v) is 86.4. The molecule has 3 aliphatic rings. The van der Waals surface area contributed by atoms with E-state index >= 15 is 0 Å². The van der Waals surface area contributed by atoms with Crippen LogP contribution in [0.5, 0.6) is 17.2 Å². The van der Waals surface area contributed by atoms with Crippen LogP contribution >= 0.6 is 23.4 Å². The molecule has 2 aliphatic carbocycles. The molecule has 30 nitrogen and oxygen atoms in total. The minimum atomic E-state index is -4.42. The molecule has 0 spiro atoms. The Bertz CT molecular complexity index is 6190. The van der Waals surface area contributed by atoms with Crippen LogP contribution in [-0.2, 0) is 92.0 Å². The number of anilines is 1. The lowest BCUT2D eigenvalue weighted by Crippen LogP contribution is -2.43. The molecule has 2 heterocycles. The van der Waals surface area contributed by atoms with Gasteiger partial charge in [-0.1, -0.05) is 204 Å². The number of carbonyl (C=O) groups is 7. The van der Waals surface area contributed by atoms with Crippen molar-refractivity contribution in [1.82, 2.24) is 20.6 Å². The number of aliphatic hydroxyl groups is 6. The lowest BCUT2D eigenvalue weighted by Gasteiger charge is -2.43. The molecule has 9 aromatic rings. The lowest BCUT2D eigenvalue weighted by molar-refractivity contribution is -0.159. The first kappa shape index (κ1) is 120. The van der Waals surface area contributed by atoms with Gasteiger partial charge in [-0.15, -0.1) is 11.6 Å². The molecule has 12 rings (SSSR count). The summed E-state index contributed by atoms with van der Waals surface area (Å²) in [7, 11) is -4.45. The maximum absolute atomic E-state index is 13.5. The number of carboxylic acid groups (broad SMARTS) is 3. The second-order valence-corrected chi connectivity index (χ2v) is 40.9. The SMILES string of the molecule is CC(C)c1nc(N(C)S(C)(=O)=O)nc(-c2ccc(F)cc2)c1/C=C/[C@@H](O)C[C@@H](O)CC(=O)O.CCO[C@@H](Cc1ccc(OCCc2ccc(OS(C)(=O)=O)cc2)cc1)C(=O)O.CC[C@H](C)C(=O)O[C@H]1C[C@H](O)C=C2C=C[C@H](C)[C@H](CCC(O)C[C@@H](O)CC(=O)O)[C@H]21.COc1ccc(CC2SC(=O)NC2=O)cc1C(=O)NCc1ccc(C(F)(F)F)cc1.OCCc1ccc(/C(=C(/CCCl)c2ccccc2)c2ccccc2)cc1. The first-order valence-electron chi connectivity index (χ1n) is 47.7. The number of amides is 3. The van der Waals surface area contributed by atoms with Crippen molar-refractivity contribution in [2.24, 2.45) is 23.7 Å². The summed E-state index contributed by atoms with van der Waals surface area (Å²) in [6.07, 6.45) is 3.89. The molecule has 2 unspecified atom stereocenters. The third-order valence-electron chi connectivity index (χ3n) is 24.0. The number of benzene rings is 8. The Labute approximate surface area is 863 Å². The van der Waals surface area contributed by atoms with E-state index in [1.54, 1.807) is 61.5 Å². The Hall–Kier alpha value is -12.5. The zero-order chi connectivity index (χ0) is 108. The van der Waals surface area contributed by atoms with E-state index in [9.17, 15) is 93.5 Å². The number of alkyl halides is 4. The van der Waals surface area contributed by atoms with Gasteiger partial charge in [0.1, 0.15) is 29.2 Å². The number of hydrogen-bond acceptors (Lipinski definition) is 25. The molecule has 0 saturated carbocycles. The fraction of sp³-hybridized carbons (Fsp3) is 0.385. The van der Waals surface area contributed by atoms with Crippen LogP contribution in [0.2, 0.25) is 0 Å². The number of aliphatic carboxylic acids is 3. The molecule has 1 aromatic heterocycles. The monoisotopic (exact) mass is 2110 g/mol. The van der Waals surface area contributed by atoms with E-state index in [0.717, 1.165) is 69.4 Å². The van der Waals surface area contributed by atoms with Crippen molar-refractivity contribution in [2.45, 2.75) is 192 Å². The Morgan fingerprint density at radius 3 is 1.84 bits per heavy atom. The highest BCUT2D eigenvalue weighted by atomic mass is 35.5. The average molecular weight is 2120 g/mol. The number of allylic oxidation sites excluding steroid dienone is 3. The molecular weight excluding hydrogens is 1990 g/mol. The van der Waals surface area contributed by atoms with E-state index in [1.807, 2.05) is 64.1 Å². The Kier molecular flexibility index (Phi) is 47.5. The third-order valence-corrected chi connectivity index (χ3v) is 26.8. The molecule has 0 radical (unpaired) electrons. The van der Waals surface area contributed by atoms with Gasteiger partial charge in [0, 0.05) is 75.4 Å². The van der Waals surface area contributed by atoms with Crippen LogP contribution in [0.3, 0.4) is 0 Å². The number of hydrogen-bond donors (Lipinski definition) is 11. The number of rotatable bonds is 44. The second kappa shape index (κ2) is 58.3. The summed E-state index contributed by atoms with van der Waals surface area (Å²) in [5, 5.41) is 90.0. The standard InChI is InChI=1S/C24H23ClO.C23H36O7.C22H28FN3O6S.C20H17F3N2O4S.C20H24O7S/c25-17-15-23(20-7-3-1-4-8-20)24(21-9-5-2-6-10-21)22-13-11-19(12-14-22)16-18-26;1-4-13(2)23(29)30-20-11-17(25)9-15-6-5-14(3)19(22(15)20)8-7-16(24)10-18(26)12-21(27)28;1-13(2)20-18(10-9-16(27)11-17(28)12-19(29)30)21(14-5-7-15(23)8-6-14)25-22(24-20)26(3)33(4,31)32;1-29-15-7-4-12(9-16-18(27)25-19(28)30-16)8-14(15)17(26)24-10-11-2-5-13(6-3-11)20(21,22)23;1-3-25-19(20(21)22)14-16-6-8-17(9-7-16)26-13-12-15-4-10-18(11-5-15)27-28(2,23)24/h1-14,26H,15-18H2;5-6,9,13-14,16-20,22,24-26H,4,7-8,10-12H2,1-3H3,(H,27,28);5-10,13,16-17,27-28H,11-12H2,1-4H3,(H,29,30);2-8,16H,9-10H2,1H3,(H,24,26)(H,25,27,28);4-11,19H,3,12-14H2,1-2H3,(H,21,22)/b24-23-;;10-9+;;/t;13-,14-,16?,17+,18+,19-,20-,22-;16-,17-;;19-/m.01.0/s1. The lowest BCUT2D eigenvalue weighted by atomic mass is 9.66. The van der Waals surface area contributed by atoms with Crippen LogP contribution in [0.25, 0.3) is 28.5 Å². The largest absolute Gasteiger partial charge is 0.496 e. The fourth-order valence-electron chi connectivity index (χ4n) is 16.2. The van der Waals surface area contributed by atoms with Crippen molar-refractivity contribution >= 4 is 108 Å². The molecule has 12 atom stereocenters. The Morgan fingerprint density at radius 2 is 1.29 bits per heavy atom. The quantitative estimate of drug-likeness (QED) is 0.00555. The number of aliphatic hydroxyl groups excluding tert-OH is 6. The number of methoxy groups -OCH3 is 1. The number of carbonyl (C=O) groups excluding carboxylic acids is 4. The van der Waals surface area contributed by atoms with Crippen molar-refractivity contribution in [1.29, 1.82) is 0 Å². The number of carboxylic acids is 3. The van der Waals surface area contributed by atoms with Crippen LogP contribution in [0.1, 0.15) is 177 Å². The molecule has 147 heavy (non-hydrogen) atoms. The molecule has 1 saturated heterocycles. The molecule has 38 heteroatoms. The molecular formula is C109H128ClF4N5O25S3. The van der Waals surface area contributed by atoms with Gasteiger partial charge in [-0.25, -0.2) is 31.9 Å². The number of esters is 1. The number of nitrogens with zero attached hydrogens (tertiary/aromatic N) is 3. The number of ether oxygens (including phenoxy) is 4. The van der Waals surface area contributed by atoms with Crippen LogP contribution in [-0.4, -0.2) is 214 Å². The molecule has 0 bridgehead atoms. The van der Waals surface area contributed by atoms with E-state index in [-0.39, 0.29) is 97.6 Å². The van der Waals surface area contributed by atoms with E-state index < -0.39 is 121 Å². The van der Waals surface area contributed by atoms with E-state index in [2.05, 4.69) is 106 Å². The van der Waals surface area contributed by atoms with Crippen molar-refractivity contribution in [3.8, 4) is 28.5 Å². The number of aromatic nitrogens is 2. The maximum atomic E-state index is 13.5. The van der Waals surface area contributed by atoms with Crippen molar-refractivity contribution in [3.63, 3.8) is 0 Å². The van der Waals surface area contributed by atoms with Gasteiger partial charge in [0.2, 0.25) is 21.9 Å². The summed E-state index contributed by atoms with van der Waals surface area (Å²) < 4.78 is 125. The zero-order valence-electron chi connectivity index (χ0n) is 83.2. The smallest absolute Gasteiger partial charge is 0.416 e. The summed E-state index contributed by atoms with van der Waals surface area (Å²) in [6, 6.07) is 58.2. The van der Waals surface area contributed by atoms with Gasteiger partial charge in [0.05, 0.1) is 103 Å².